The van der Waals surface area contributed by atoms with E-state index in [1.54, 1.807) is 6.07 Å². The van der Waals surface area contributed by atoms with E-state index in [1.165, 1.54) is 32.1 Å². The Hall–Kier alpha value is -0.970. The minimum atomic E-state index is 0.508. The summed E-state index contributed by atoms with van der Waals surface area (Å²) in [5, 5.41) is 4.74. The van der Waals surface area contributed by atoms with Crippen molar-refractivity contribution in [3.8, 4) is 0 Å². The highest BCUT2D eigenvalue weighted by Gasteiger charge is 2.20. The molecule has 0 amide bonds. The molecule has 0 spiro atoms. The molecule has 1 aliphatic carbocycles. The van der Waals surface area contributed by atoms with Crippen LogP contribution >= 0.6 is 23.2 Å². The summed E-state index contributed by atoms with van der Waals surface area (Å²) in [6.07, 6.45) is 6.35. The molecule has 6 heteroatoms. The third-order valence-electron chi connectivity index (χ3n) is 4.39. The molecule has 1 aromatic rings. The first kappa shape index (κ1) is 16.9. The van der Waals surface area contributed by atoms with E-state index in [0.717, 1.165) is 38.0 Å². The van der Waals surface area contributed by atoms with E-state index in [0.29, 0.717) is 16.1 Å². The molecule has 1 N–H and O–H groups in total. The number of morpholine rings is 1. The average Bonchev–Trinajstić information content (AvgIpc) is 2.59. The van der Waals surface area contributed by atoms with Crippen LogP contribution in [0.5, 0.6) is 0 Å². The third kappa shape index (κ3) is 4.75. The van der Waals surface area contributed by atoms with Crippen LogP contribution in [-0.2, 0) is 4.74 Å². The molecule has 1 aromatic carbocycles. The minimum Gasteiger partial charge on any atom is -0.378 e. The van der Waals surface area contributed by atoms with E-state index >= 15 is 0 Å². The maximum atomic E-state index is 6.12. The van der Waals surface area contributed by atoms with Crippen molar-refractivity contribution in [3.63, 3.8) is 0 Å². The van der Waals surface area contributed by atoms with Gasteiger partial charge in [0, 0.05) is 19.1 Å². The van der Waals surface area contributed by atoms with Crippen molar-refractivity contribution < 1.29 is 4.74 Å². The molecule has 0 bridgehead atoms. The third-order valence-corrected chi connectivity index (χ3v) is 5.13. The maximum absolute atomic E-state index is 6.12. The molecule has 1 aliphatic heterocycles. The molecule has 0 aromatic heterocycles. The highest BCUT2D eigenvalue weighted by molar-refractivity contribution is 6.42. The molecule has 0 atom stereocenters. The van der Waals surface area contributed by atoms with E-state index in [4.69, 9.17) is 32.9 Å². The van der Waals surface area contributed by atoms with Gasteiger partial charge < -0.3 is 15.0 Å². The number of hydrogen-bond donors (Lipinski definition) is 1. The van der Waals surface area contributed by atoms with Gasteiger partial charge in [0.1, 0.15) is 0 Å². The lowest BCUT2D eigenvalue weighted by molar-refractivity contribution is 0.0660. The SMILES string of the molecule is Clc1ccc(/N=C(/NC2CCCCC2)N2CCOCC2)cc1Cl. The number of guanidine groups is 1. The second-order valence-corrected chi connectivity index (χ2v) is 6.93. The largest absolute Gasteiger partial charge is 0.378 e. The van der Waals surface area contributed by atoms with Gasteiger partial charge in [-0.1, -0.05) is 42.5 Å². The minimum absolute atomic E-state index is 0.508. The van der Waals surface area contributed by atoms with Crippen LogP contribution < -0.4 is 5.32 Å². The lowest BCUT2D eigenvalue weighted by atomic mass is 9.96. The summed E-state index contributed by atoms with van der Waals surface area (Å²) >= 11 is 12.1. The normalized spacial score (nSPS) is 20.6. The van der Waals surface area contributed by atoms with E-state index in [9.17, 15) is 0 Å². The Balaban J connectivity index is 1.80. The first-order valence-corrected chi connectivity index (χ1v) is 9.11. The molecule has 3 rings (SSSR count). The Morgan fingerprint density at radius 2 is 1.83 bits per heavy atom. The standard InChI is InChI=1S/C17H23Cl2N3O/c18-15-7-6-14(12-16(15)19)21-17(22-8-10-23-11-9-22)20-13-4-2-1-3-5-13/h6-7,12-13H,1-5,8-11H2,(H,20,21). The zero-order valence-electron chi connectivity index (χ0n) is 13.2. The van der Waals surface area contributed by atoms with Gasteiger partial charge in [-0.05, 0) is 31.0 Å². The van der Waals surface area contributed by atoms with E-state index in [1.807, 2.05) is 12.1 Å². The first-order chi connectivity index (χ1) is 11.2. The smallest absolute Gasteiger partial charge is 0.199 e. The van der Waals surface area contributed by atoms with Crippen LogP contribution in [0.4, 0.5) is 5.69 Å². The van der Waals surface area contributed by atoms with Crippen LogP contribution in [0.2, 0.25) is 10.0 Å². The summed E-state index contributed by atoms with van der Waals surface area (Å²) in [6.45, 7) is 3.21. The number of nitrogens with one attached hydrogen (secondary N) is 1. The maximum Gasteiger partial charge on any atom is 0.199 e. The molecule has 2 aliphatic rings. The zero-order valence-corrected chi connectivity index (χ0v) is 14.7. The zero-order chi connectivity index (χ0) is 16.1. The summed E-state index contributed by atoms with van der Waals surface area (Å²) in [6, 6.07) is 6.01. The lowest BCUT2D eigenvalue weighted by Gasteiger charge is -2.33. The van der Waals surface area contributed by atoms with Crippen molar-refractivity contribution in [2.75, 3.05) is 26.3 Å². The molecular formula is C17H23Cl2N3O. The van der Waals surface area contributed by atoms with Gasteiger partial charge in [-0.15, -0.1) is 0 Å². The van der Waals surface area contributed by atoms with Crippen LogP contribution in [0.15, 0.2) is 23.2 Å². The Morgan fingerprint density at radius 3 is 2.52 bits per heavy atom. The van der Waals surface area contributed by atoms with Crippen molar-refractivity contribution in [2.45, 2.75) is 38.1 Å². The lowest BCUT2D eigenvalue weighted by Crippen LogP contribution is -2.50. The predicted octanol–water partition coefficient (Wildman–Crippen LogP) is 4.24. The molecule has 0 unspecified atom stereocenters. The first-order valence-electron chi connectivity index (χ1n) is 8.35. The fraction of sp³-hybridized carbons (Fsp3) is 0.588. The van der Waals surface area contributed by atoms with E-state index in [2.05, 4.69) is 10.2 Å². The molecule has 4 nitrogen and oxygen atoms in total. The number of nitrogens with zero attached hydrogens (tertiary/aromatic N) is 2. The Morgan fingerprint density at radius 1 is 1.09 bits per heavy atom. The molecule has 1 heterocycles. The number of ether oxygens (including phenoxy) is 1. The van der Waals surface area contributed by atoms with E-state index in [-0.39, 0.29) is 0 Å². The van der Waals surface area contributed by atoms with Gasteiger partial charge in [0.15, 0.2) is 5.96 Å². The van der Waals surface area contributed by atoms with E-state index < -0.39 is 0 Å². The molecule has 1 saturated carbocycles. The summed E-state index contributed by atoms with van der Waals surface area (Å²) in [7, 11) is 0. The molecule has 126 valence electrons. The molecule has 1 saturated heterocycles. The van der Waals surface area contributed by atoms with Crippen molar-refractivity contribution in [2.24, 2.45) is 4.99 Å². The summed E-state index contributed by atoms with van der Waals surface area (Å²) in [5.41, 5.74) is 0.823. The summed E-state index contributed by atoms with van der Waals surface area (Å²) in [5.74, 6) is 0.929. The number of aliphatic imine (C=N–C) groups is 1. The fourth-order valence-corrected chi connectivity index (χ4v) is 3.37. The monoisotopic (exact) mass is 355 g/mol. The van der Waals surface area contributed by atoms with Crippen LogP contribution in [0, 0.1) is 0 Å². The second-order valence-electron chi connectivity index (χ2n) is 6.11. The number of benzene rings is 1. The van der Waals surface area contributed by atoms with Crippen molar-refractivity contribution in [1.82, 2.24) is 10.2 Å². The van der Waals surface area contributed by atoms with Gasteiger partial charge in [-0.2, -0.15) is 0 Å². The van der Waals surface area contributed by atoms with Crippen molar-refractivity contribution >= 4 is 34.8 Å². The van der Waals surface area contributed by atoms with Gasteiger partial charge in [0.05, 0.1) is 28.9 Å². The number of halogens is 2. The van der Waals surface area contributed by atoms with Gasteiger partial charge in [0.2, 0.25) is 0 Å². The fourth-order valence-electron chi connectivity index (χ4n) is 3.08. The average molecular weight is 356 g/mol. The Labute approximate surface area is 147 Å². The van der Waals surface area contributed by atoms with Crippen molar-refractivity contribution in [1.29, 1.82) is 0 Å². The quantitative estimate of drug-likeness (QED) is 0.636. The predicted molar refractivity (Wildman–Crippen MR) is 96.0 cm³/mol. The highest BCUT2D eigenvalue weighted by Crippen LogP contribution is 2.27. The second kappa shape index (κ2) is 8.22. The Kier molecular flexibility index (Phi) is 6.03. The van der Waals surface area contributed by atoms with Crippen molar-refractivity contribution in [3.05, 3.63) is 28.2 Å². The van der Waals surface area contributed by atoms with Crippen LogP contribution in [0.3, 0.4) is 0 Å². The molecular weight excluding hydrogens is 333 g/mol. The van der Waals surface area contributed by atoms with Gasteiger partial charge in [-0.3, -0.25) is 0 Å². The molecule has 23 heavy (non-hydrogen) atoms. The molecule has 2 fully saturated rings. The van der Waals surface area contributed by atoms with Gasteiger partial charge >= 0.3 is 0 Å². The van der Waals surface area contributed by atoms with Gasteiger partial charge in [0.25, 0.3) is 0 Å². The van der Waals surface area contributed by atoms with Crippen LogP contribution in [-0.4, -0.2) is 43.2 Å². The number of rotatable bonds is 2. The van der Waals surface area contributed by atoms with Crippen LogP contribution in [0.1, 0.15) is 32.1 Å². The summed E-state index contributed by atoms with van der Waals surface area (Å²) in [4.78, 5) is 7.08. The van der Waals surface area contributed by atoms with Crippen LogP contribution in [0.25, 0.3) is 0 Å². The molecule has 0 radical (unpaired) electrons. The Bertz CT molecular complexity index is 553. The highest BCUT2D eigenvalue weighted by atomic mass is 35.5. The number of hydrogen-bond acceptors (Lipinski definition) is 2. The van der Waals surface area contributed by atoms with Gasteiger partial charge in [-0.25, -0.2) is 4.99 Å². The topological polar surface area (TPSA) is 36.9 Å². The summed E-state index contributed by atoms with van der Waals surface area (Å²) < 4.78 is 5.46.